The summed E-state index contributed by atoms with van der Waals surface area (Å²) in [7, 11) is -7.22. The molecule has 2 atom stereocenters. The van der Waals surface area contributed by atoms with E-state index in [0.29, 0.717) is 19.8 Å². The van der Waals surface area contributed by atoms with Gasteiger partial charge in [0.1, 0.15) is 9.76 Å². The zero-order valence-electron chi connectivity index (χ0n) is 13.3. The van der Waals surface area contributed by atoms with Gasteiger partial charge in [-0.3, -0.25) is 0 Å². The average molecular weight is 373 g/mol. The predicted octanol–water partition coefficient (Wildman–Crippen LogP) is -0.146. The SMILES string of the molecule is C[SiH2]O[SiH]1OCCO[Si](C)(O[Si](C)(C)C)OCC[SiH2]O1. The van der Waals surface area contributed by atoms with Crippen LogP contribution in [0.5, 0.6) is 0 Å². The molecule has 20 heavy (non-hydrogen) atoms. The van der Waals surface area contributed by atoms with Crippen LogP contribution < -0.4 is 0 Å². The van der Waals surface area contributed by atoms with Crippen LogP contribution in [0.15, 0.2) is 0 Å². The van der Waals surface area contributed by atoms with E-state index in [1.807, 2.05) is 6.55 Å². The van der Waals surface area contributed by atoms with E-state index < -0.39 is 46.2 Å². The Hall–Kier alpha value is 0.844. The number of rotatable bonds is 4. The lowest BCUT2D eigenvalue weighted by Gasteiger charge is -2.32. The van der Waals surface area contributed by atoms with Crippen molar-refractivity contribution in [3.8, 4) is 0 Å². The van der Waals surface area contributed by atoms with E-state index in [4.69, 9.17) is 25.6 Å². The van der Waals surface area contributed by atoms with Gasteiger partial charge >= 0.3 is 18.3 Å². The molecule has 0 aromatic rings. The molecule has 0 aromatic heterocycles. The van der Waals surface area contributed by atoms with Crippen LogP contribution in [0.1, 0.15) is 0 Å². The lowest BCUT2D eigenvalue weighted by atomic mass is 10.8. The van der Waals surface area contributed by atoms with Crippen molar-refractivity contribution >= 4 is 46.2 Å². The van der Waals surface area contributed by atoms with Crippen LogP contribution in [0.25, 0.3) is 0 Å². The summed E-state index contributed by atoms with van der Waals surface area (Å²) in [6.45, 7) is 12.2. The maximum absolute atomic E-state index is 6.15. The zero-order valence-corrected chi connectivity index (χ0v) is 19.3. The molecule has 1 saturated heterocycles. The predicted molar refractivity (Wildman–Crippen MR) is 91.0 cm³/mol. The smallest absolute Gasteiger partial charge is 0.424 e. The molecule has 1 rings (SSSR count). The molecular weight excluding hydrogens is 345 g/mol. The molecule has 0 saturated carbocycles. The normalized spacial score (nSPS) is 32.5. The van der Waals surface area contributed by atoms with E-state index in [9.17, 15) is 0 Å². The molecule has 1 aliphatic rings. The summed E-state index contributed by atoms with van der Waals surface area (Å²) in [5, 5.41) is 0. The van der Waals surface area contributed by atoms with E-state index in [0.717, 1.165) is 6.04 Å². The molecule has 0 N–H and O–H groups in total. The van der Waals surface area contributed by atoms with Crippen molar-refractivity contribution in [2.24, 2.45) is 0 Å². The molecule has 2 unspecified atom stereocenters. The molecule has 0 amide bonds. The first-order chi connectivity index (χ1) is 9.35. The molecule has 0 aromatic carbocycles. The third kappa shape index (κ3) is 8.33. The quantitative estimate of drug-likeness (QED) is 0.640. The van der Waals surface area contributed by atoms with Gasteiger partial charge in [0.25, 0.3) is 0 Å². The van der Waals surface area contributed by atoms with E-state index in [1.54, 1.807) is 0 Å². The maximum atomic E-state index is 6.15. The Kier molecular flexibility index (Phi) is 8.59. The van der Waals surface area contributed by atoms with Crippen LogP contribution in [0.3, 0.4) is 0 Å². The topological polar surface area (TPSA) is 55.4 Å². The van der Waals surface area contributed by atoms with Gasteiger partial charge in [0.2, 0.25) is 0 Å². The van der Waals surface area contributed by atoms with Crippen molar-refractivity contribution in [2.45, 2.75) is 38.8 Å². The van der Waals surface area contributed by atoms with Crippen LogP contribution in [-0.2, 0) is 25.6 Å². The van der Waals surface area contributed by atoms with Gasteiger partial charge in [-0.2, -0.15) is 0 Å². The van der Waals surface area contributed by atoms with Gasteiger partial charge in [0, 0.05) is 13.2 Å². The van der Waals surface area contributed by atoms with Gasteiger partial charge < -0.3 is 25.6 Å². The van der Waals surface area contributed by atoms with E-state index in [-0.39, 0.29) is 0 Å². The molecule has 1 heterocycles. The minimum atomic E-state index is -2.54. The highest BCUT2D eigenvalue weighted by Gasteiger charge is 2.39. The lowest BCUT2D eigenvalue weighted by molar-refractivity contribution is 0.0906. The highest BCUT2D eigenvalue weighted by molar-refractivity contribution is 6.79. The van der Waals surface area contributed by atoms with Crippen molar-refractivity contribution < 1.29 is 25.6 Å². The average Bonchev–Trinajstić information content (AvgIpc) is 2.34. The molecular formula is C9H28O6Si5. The van der Waals surface area contributed by atoms with Crippen LogP contribution in [-0.4, -0.2) is 66.0 Å². The Bertz CT molecular complexity index is 278. The van der Waals surface area contributed by atoms with Gasteiger partial charge in [0.15, 0.2) is 18.1 Å². The highest BCUT2D eigenvalue weighted by atomic mass is 28.5. The summed E-state index contributed by atoms with van der Waals surface area (Å²) in [6.07, 6.45) is 0. The minimum absolute atomic E-state index is 0.480. The Morgan fingerprint density at radius 3 is 2.55 bits per heavy atom. The summed E-state index contributed by atoms with van der Waals surface area (Å²) in [6, 6.07) is 0.947. The molecule has 0 radical (unpaired) electrons. The largest absolute Gasteiger partial charge is 0.487 e. The first kappa shape index (κ1) is 18.9. The summed E-state index contributed by atoms with van der Waals surface area (Å²) < 4.78 is 35.1. The standard InChI is InChI=1S/C9H28O6Si5/c1-16-13-18-10-6-7-11-20(5,15-19(2,3)4)12-8-9-17-14-18/h18H,6-9,16-17H2,1-5H3. The van der Waals surface area contributed by atoms with E-state index in [1.165, 1.54) is 0 Å². The number of hydrogen-bond donors (Lipinski definition) is 0. The van der Waals surface area contributed by atoms with E-state index in [2.05, 4.69) is 26.2 Å². The van der Waals surface area contributed by atoms with Crippen molar-refractivity contribution in [1.82, 2.24) is 0 Å². The molecule has 0 bridgehead atoms. The highest BCUT2D eigenvalue weighted by Crippen LogP contribution is 2.17. The van der Waals surface area contributed by atoms with Crippen molar-refractivity contribution in [2.75, 3.05) is 19.8 Å². The molecule has 0 spiro atoms. The Balaban J connectivity index is 2.53. The van der Waals surface area contributed by atoms with Gasteiger partial charge in [-0.15, -0.1) is 0 Å². The summed E-state index contributed by atoms with van der Waals surface area (Å²) in [5.74, 6) is 0. The molecule has 1 aliphatic heterocycles. The lowest BCUT2D eigenvalue weighted by Crippen LogP contribution is -2.50. The fourth-order valence-corrected chi connectivity index (χ4v) is 13.2. The maximum Gasteiger partial charge on any atom is 0.487 e. The Labute approximate surface area is 130 Å². The Morgan fingerprint density at radius 2 is 1.90 bits per heavy atom. The van der Waals surface area contributed by atoms with E-state index >= 15 is 0 Å². The second kappa shape index (κ2) is 9.09. The third-order valence-electron chi connectivity index (χ3n) is 2.40. The van der Waals surface area contributed by atoms with Crippen molar-refractivity contribution in [3.05, 3.63) is 0 Å². The fourth-order valence-electron chi connectivity index (χ4n) is 1.80. The van der Waals surface area contributed by atoms with Gasteiger partial charge in [-0.25, -0.2) is 0 Å². The molecule has 0 aliphatic carbocycles. The first-order valence-corrected chi connectivity index (χ1v) is 17.8. The second-order valence-corrected chi connectivity index (χ2v) is 18.2. The Morgan fingerprint density at radius 1 is 1.20 bits per heavy atom. The van der Waals surface area contributed by atoms with Crippen LogP contribution in [0.4, 0.5) is 0 Å². The second-order valence-electron chi connectivity index (χ2n) is 5.61. The van der Waals surface area contributed by atoms with Crippen LogP contribution in [0, 0.1) is 0 Å². The third-order valence-corrected chi connectivity index (χ3v) is 13.3. The zero-order chi connectivity index (χ0) is 15.1. The molecule has 120 valence electrons. The molecule has 6 nitrogen and oxygen atoms in total. The van der Waals surface area contributed by atoms with Crippen LogP contribution >= 0.6 is 0 Å². The minimum Gasteiger partial charge on any atom is -0.424 e. The van der Waals surface area contributed by atoms with Gasteiger partial charge in [0.05, 0.1) is 13.2 Å². The summed E-state index contributed by atoms with van der Waals surface area (Å²) in [5.41, 5.74) is 0. The van der Waals surface area contributed by atoms with Crippen molar-refractivity contribution in [3.63, 3.8) is 0 Å². The first-order valence-electron chi connectivity index (χ1n) is 7.17. The summed E-state index contributed by atoms with van der Waals surface area (Å²) >= 11 is 0. The van der Waals surface area contributed by atoms with Gasteiger partial charge in [-0.1, -0.05) is 6.55 Å². The van der Waals surface area contributed by atoms with Crippen molar-refractivity contribution in [1.29, 1.82) is 0 Å². The molecule has 11 heteroatoms. The molecule has 1 fully saturated rings. The number of hydrogen-bond acceptors (Lipinski definition) is 6. The van der Waals surface area contributed by atoms with Crippen LogP contribution in [0.2, 0.25) is 38.8 Å². The fraction of sp³-hybridized carbons (Fsp3) is 1.00. The van der Waals surface area contributed by atoms with Gasteiger partial charge in [-0.05, 0) is 25.7 Å². The summed E-state index contributed by atoms with van der Waals surface area (Å²) in [4.78, 5) is 0. The monoisotopic (exact) mass is 372 g/mol.